The first-order valence-corrected chi connectivity index (χ1v) is 12.3. The Morgan fingerprint density at radius 2 is 1.55 bits per heavy atom. The van der Waals surface area contributed by atoms with Gasteiger partial charge in [-0.25, -0.2) is 0 Å². The van der Waals surface area contributed by atoms with Crippen LogP contribution in [0.25, 0.3) is 11.3 Å². The van der Waals surface area contributed by atoms with Gasteiger partial charge >= 0.3 is 0 Å². The van der Waals surface area contributed by atoms with E-state index in [0.717, 1.165) is 24.9 Å². The van der Waals surface area contributed by atoms with Crippen molar-refractivity contribution in [1.29, 1.82) is 0 Å². The van der Waals surface area contributed by atoms with Crippen molar-refractivity contribution < 1.29 is 0 Å². The predicted molar refractivity (Wildman–Crippen MR) is 143 cm³/mol. The second-order valence-corrected chi connectivity index (χ2v) is 8.79. The van der Waals surface area contributed by atoms with Crippen LogP contribution in [0.2, 0.25) is 0 Å². The second-order valence-electron chi connectivity index (χ2n) is 8.79. The summed E-state index contributed by atoms with van der Waals surface area (Å²) in [5.41, 5.74) is 13.2. The number of nitrogens with one attached hydrogen (secondary N) is 2. The zero-order valence-electron chi connectivity index (χ0n) is 20.6. The van der Waals surface area contributed by atoms with Gasteiger partial charge in [-0.2, -0.15) is 0 Å². The minimum absolute atomic E-state index is 0.117. The zero-order chi connectivity index (χ0) is 23.4. The highest BCUT2D eigenvalue weighted by atomic mass is 14.9. The first-order chi connectivity index (χ1) is 16.1. The van der Waals surface area contributed by atoms with Gasteiger partial charge in [-0.3, -0.25) is 0 Å². The van der Waals surface area contributed by atoms with Gasteiger partial charge in [0.1, 0.15) is 0 Å². The van der Waals surface area contributed by atoms with Crippen LogP contribution in [0.15, 0.2) is 78.4 Å². The molecule has 0 radical (unpaired) electrons. The summed E-state index contributed by atoms with van der Waals surface area (Å²) in [6.45, 7) is 8.98. The van der Waals surface area contributed by atoms with Gasteiger partial charge in [-0.15, -0.1) is 0 Å². The maximum Gasteiger partial charge on any atom is 0.0707 e. The lowest BCUT2D eigenvalue weighted by molar-refractivity contribution is 0.756. The molecule has 0 aliphatic carbocycles. The molecule has 3 aromatic rings. The molecule has 0 fully saturated rings. The van der Waals surface area contributed by atoms with E-state index < -0.39 is 0 Å². The largest absolute Gasteiger partial charge is 0.388 e. The first kappa shape index (κ1) is 22.9. The molecule has 0 saturated carbocycles. The summed E-state index contributed by atoms with van der Waals surface area (Å²) in [6.07, 6.45) is 5.54. The highest BCUT2D eigenvalue weighted by molar-refractivity contribution is 5.92. The minimum atomic E-state index is 0.117. The van der Waals surface area contributed by atoms with Crippen molar-refractivity contribution >= 4 is 17.0 Å². The SMILES string of the molecule is CCC1=C(c2ccccc2C)NC(c2ccc(NC)cc2)C=C1c1ccc(CC)c(CC)c1. The molecular weight excluding hydrogens is 400 g/mol. The first-order valence-electron chi connectivity index (χ1n) is 12.3. The standard InChI is InChI=1S/C31H36N2/c1-6-22-13-14-25(19-23(22)7-2)29-20-30(24-15-17-26(32-5)18-16-24)33-31(27(29)8-3)28-12-10-9-11-21(28)4/h9-20,30,32-33H,6-8H2,1-5H3. The van der Waals surface area contributed by atoms with Gasteiger partial charge in [0.25, 0.3) is 0 Å². The van der Waals surface area contributed by atoms with Crippen LogP contribution in [0.1, 0.15) is 66.6 Å². The Bertz CT molecular complexity index is 1180. The van der Waals surface area contributed by atoms with E-state index in [1.807, 2.05) is 7.05 Å². The van der Waals surface area contributed by atoms with E-state index in [0.29, 0.717) is 0 Å². The average molecular weight is 437 g/mol. The smallest absolute Gasteiger partial charge is 0.0707 e. The number of allylic oxidation sites excluding steroid dienone is 2. The Balaban J connectivity index is 1.90. The molecule has 2 heteroatoms. The van der Waals surface area contributed by atoms with Gasteiger partial charge in [-0.05, 0) is 83.4 Å². The summed E-state index contributed by atoms with van der Waals surface area (Å²) in [6, 6.07) is 24.7. The lowest BCUT2D eigenvalue weighted by atomic mass is 9.84. The maximum absolute atomic E-state index is 3.90. The molecule has 3 aromatic carbocycles. The molecule has 1 heterocycles. The molecule has 1 aliphatic heterocycles. The molecule has 0 amide bonds. The number of hydrogen-bond acceptors (Lipinski definition) is 2. The van der Waals surface area contributed by atoms with Crippen LogP contribution in [-0.4, -0.2) is 7.05 Å². The van der Waals surface area contributed by atoms with Crippen molar-refractivity contribution in [2.45, 2.75) is 53.0 Å². The highest BCUT2D eigenvalue weighted by Crippen LogP contribution is 2.40. The van der Waals surface area contributed by atoms with E-state index in [1.54, 1.807) is 0 Å². The summed E-state index contributed by atoms with van der Waals surface area (Å²) in [4.78, 5) is 0. The molecule has 2 N–H and O–H groups in total. The fourth-order valence-corrected chi connectivity index (χ4v) is 4.92. The van der Waals surface area contributed by atoms with Crippen LogP contribution in [0.5, 0.6) is 0 Å². The molecule has 1 aliphatic rings. The van der Waals surface area contributed by atoms with E-state index >= 15 is 0 Å². The van der Waals surface area contributed by atoms with Crippen molar-refractivity contribution in [3.05, 3.63) is 112 Å². The number of aryl methyl sites for hydroxylation is 3. The van der Waals surface area contributed by atoms with Crippen LogP contribution >= 0.6 is 0 Å². The predicted octanol–water partition coefficient (Wildman–Crippen LogP) is 7.71. The highest BCUT2D eigenvalue weighted by Gasteiger charge is 2.24. The van der Waals surface area contributed by atoms with E-state index in [1.165, 1.54) is 50.2 Å². The summed E-state index contributed by atoms with van der Waals surface area (Å²) >= 11 is 0. The Morgan fingerprint density at radius 3 is 2.18 bits per heavy atom. The van der Waals surface area contributed by atoms with Gasteiger partial charge < -0.3 is 10.6 Å². The van der Waals surface area contributed by atoms with E-state index in [4.69, 9.17) is 0 Å². The lowest BCUT2D eigenvalue weighted by Gasteiger charge is -2.31. The molecule has 0 bridgehead atoms. The number of anilines is 1. The number of benzene rings is 3. The minimum Gasteiger partial charge on any atom is -0.388 e. The van der Waals surface area contributed by atoms with Crippen molar-refractivity contribution in [1.82, 2.24) is 5.32 Å². The van der Waals surface area contributed by atoms with Crippen LogP contribution in [0.3, 0.4) is 0 Å². The van der Waals surface area contributed by atoms with Gasteiger partial charge in [0.2, 0.25) is 0 Å². The van der Waals surface area contributed by atoms with Crippen LogP contribution in [0, 0.1) is 6.92 Å². The fourth-order valence-electron chi connectivity index (χ4n) is 4.92. The monoisotopic (exact) mass is 436 g/mol. The Morgan fingerprint density at radius 1 is 0.818 bits per heavy atom. The topological polar surface area (TPSA) is 24.1 Å². The van der Waals surface area contributed by atoms with Gasteiger partial charge in [-0.1, -0.05) is 75.4 Å². The van der Waals surface area contributed by atoms with Gasteiger partial charge in [0.15, 0.2) is 0 Å². The molecule has 4 rings (SSSR count). The van der Waals surface area contributed by atoms with Crippen molar-refractivity contribution in [3.8, 4) is 0 Å². The molecule has 0 saturated heterocycles. The zero-order valence-corrected chi connectivity index (χ0v) is 20.6. The quantitative estimate of drug-likeness (QED) is 0.396. The summed E-state index contributed by atoms with van der Waals surface area (Å²) in [7, 11) is 1.96. The third-order valence-electron chi connectivity index (χ3n) is 6.87. The lowest BCUT2D eigenvalue weighted by Crippen LogP contribution is -2.24. The van der Waals surface area contributed by atoms with Crippen molar-refractivity contribution in [3.63, 3.8) is 0 Å². The third kappa shape index (κ3) is 4.61. The number of rotatable bonds is 7. The number of hydrogen-bond donors (Lipinski definition) is 2. The molecule has 1 unspecified atom stereocenters. The molecule has 1 atom stereocenters. The Kier molecular flexibility index (Phi) is 7.03. The van der Waals surface area contributed by atoms with Gasteiger partial charge in [0, 0.05) is 24.0 Å². The van der Waals surface area contributed by atoms with Gasteiger partial charge in [0.05, 0.1) is 6.04 Å². The van der Waals surface area contributed by atoms with E-state index in [2.05, 4.69) is 111 Å². The molecule has 170 valence electrons. The average Bonchev–Trinajstić information content (AvgIpc) is 2.87. The molecule has 33 heavy (non-hydrogen) atoms. The van der Waals surface area contributed by atoms with Crippen LogP contribution in [0.4, 0.5) is 5.69 Å². The maximum atomic E-state index is 3.90. The van der Waals surface area contributed by atoms with Crippen molar-refractivity contribution in [2.75, 3.05) is 12.4 Å². The fraction of sp³-hybridized carbons (Fsp3) is 0.290. The second kappa shape index (κ2) is 10.1. The summed E-state index contributed by atoms with van der Waals surface area (Å²) in [5.74, 6) is 0. The molecule has 0 aromatic heterocycles. The summed E-state index contributed by atoms with van der Waals surface area (Å²) in [5, 5.41) is 7.13. The Hall–Kier alpha value is -3.26. The Labute approximate surface area is 199 Å². The molecule has 2 nitrogen and oxygen atoms in total. The van der Waals surface area contributed by atoms with Crippen LogP contribution < -0.4 is 10.6 Å². The molecular formula is C31H36N2. The summed E-state index contributed by atoms with van der Waals surface area (Å²) < 4.78 is 0. The molecule has 0 spiro atoms. The third-order valence-corrected chi connectivity index (χ3v) is 6.87. The van der Waals surface area contributed by atoms with E-state index in [9.17, 15) is 0 Å². The van der Waals surface area contributed by atoms with Crippen LogP contribution in [-0.2, 0) is 12.8 Å². The number of dihydropyridines is 1. The normalized spacial score (nSPS) is 15.8. The van der Waals surface area contributed by atoms with Crippen molar-refractivity contribution in [2.24, 2.45) is 0 Å². The van der Waals surface area contributed by atoms with E-state index in [-0.39, 0.29) is 6.04 Å².